The van der Waals surface area contributed by atoms with E-state index >= 15 is 0 Å². The van der Waals surface area contributed by atoms with Gasteiger partial charge in [-0.25, -0.2) is 14.4 Å². The molecule has 0 atom stereocenters. The molecule has 2 nitrogen and oxygen atoms in total. The Morgan fingerprint density at radius 2 is 2.17 bits per heavy atom. The standard InChI is InChI=1S/C8H4ClFN2/c9-8-11-4-5-2-1-3-6(10)7(5)12-8/h1-4H. The number of rotatable bonds is 0. The fraction of sp³-hybridized carbons (Fsp3) is 0. The summed E-state index contributed by atoms with van der Waals surface area (Å²) in [5.41, 5.74) is 0.262. The van der Waals surface area contributed by atoms with Crippen molar-refractivity contribution in [2.75, 3.05) is 0 Å². The Kier molecular flexibility index (Phi) is 1.66. The molecule has 0 N–H and O–H groups in total. The minimum Gasteiger partial charge on any atom is -0.226 e. The van der Waals surface area contributed by atoms with E-state index in [0.29, 0.717) is 5.39 Å². The monoisotopic (exact) mass is 182 g/mol. The van der Waals surface area contributed by atoms with Crippen LogP contribution in [0.25, 0.3) is 10.9 Å². The van der Waals surface area contributed by atoms with Gasteiger partial charge in [0.2, 0.25) is 5.28 Å². The SMILES string of the molecule is Fc1cccc2cnc(Cl)nc12. The molecule has 0 unspecified atom stereocenters. The van der Waals surface area contributed by atoms with Gasteiger partial charge in [-0.1, -0.05) is 12.1 Å². The third kappa shape index (κ3) is 1.12. The van der Waals surface area contributed by atoms with E-state index in [1.165, 1.54) is 12.3 Å². The first kappa shape index (κ1) is 7.43. The second-order valence-corrected chi connectivity index (χ2v) is 2.65. The number of nitrogens with zero attached hydrogens (tertiary/aromatic N) is 2. The lowest BCUT2D eigenvalue weighted by molar-refractivity contribution is 0.636. The van der Waals surface area contributed by atoms with Crippen molar-refractivity contribution in [1.29, 1.82) is 0 Å². The molecule has 12 heavy (non-hydrogen) atoms. The second kappa shape index (κ2) is 2.68. The van der Waals surface area contributed by atoms with Crippen LogP contribution in [-0.2, 0) is 0 Å². The van der Waals surface area contributed by atoms with E-state index in [9.17, 15) is 4.39 Å². The zero-order valence-corrected chi connectivity index (χ0v) is 6.72. The van der Waals surface area contributed by atoms with Crippen LogP contribution in [0.15, 0.2) is 24.4 Å². The van der Waals surface area contributed by atoms with Gasteiger partial charge in [0.15, 0.2) is 0 Å². The largest absolute Gasteiger partial charge is 0.226 e. The summed E-state index contributed by atoms with van der Waals surface area (Å²) < 4.78 is 13.0. The van der Waals surface area contributed by atoms with Crippen molar-refractivity contribution >= 4 is 22.5 Å². The van der Waals surface area contributed by atoms with Gasteiger partial charge in [0.05, 0.1) is 0 Å². The molecule has 0 bridgehead atoms. The Morgan fingerprint density at radius 3 is 3.00 bits per heavy atom. The first-order chi connectivity index (χ1) is 5.77. The molecule has 0 aliphatic rings. The fourth-order valence-corrected chi connectivity index (χ4v) is 1.13. The van der Waals surface area contributed by atoms with Crippen molar-refractivity contribution < 1.29 is 4.39 Å². The number of fused-ring (bicyclic) bond motifs is 1. The van der Waals surface area contributed by atoms with Crippen molar-refractivity contribution in [3.8, 4) is 0 Å². The van der Waals surface area contributed by atoms with Crippen LogP contribution in [0.1, 0.15) is 0 Å². The fourth-order valence-electron chi connectivity index (χ4n) is 0.998. The lowest BCUT2D eigenvalue weighted by Crippen LogP contribution is -1.86. The molecule has 2 aromatic rings. The van der Waals surface area contributed by atoms with E-state index in [1.807, 2.05) is 0 Å². The summed E-state index contributed by atoms with van der Waals surface area (Å²) in [5, 5.41) is 0.715. The normalized spacial score (nSPS) is 10.5. The molecule has 0 aliphatic heterocycles. The van der Waals surface area contributed by atoms with E-state index in [0.717, 1.165) is 0 Å². The van der Waals surface area contributed by atoms with Crippen LogP contribution in [0.2, 0.25) is 5.28 Å². The van der Waals surface area contributed by atoms with Crippen LogP contribution in [0.3, 0.4) is 0 Å². The molecule has 2 rings (SSSR count). The third-order valence-corrected chi connectivity index (χ3v) is 1.71. The Balaban J connectivity index is 2.88. The summed E-state index contributed by atoms with van der Waals surface area (Å²) in [5.74, 6) is -0.378. The molecule has 0 amide bonds. The third-order valence-electron chi connectivity index (χ3n) is 1.53. The summed E-state index contributed by atoms with van der Waals surface area (Å²) in [6.45, 7) is 0. The predicted molar refractivity (Wildman–Crippen MR) is 44.5 cm³/mol. The molecule has 0 spiro atoms. The minimum atomic E-state index is -0.378. The highest BCUT2D eigenvalue weighted by Crippen LogP contribution is 2.15. The highest BCUT2D eigenvalue weighted by molar-refractivity contribution is 6.28. The molecule has 0 aliphatic carbocycles. The zero-order valence-electron chi connectivity index (χ0n) is 5.96. The highest BCUT2D eigenvalue weighted by Gasteiger charge is 2.01. The van der Waals surface area contributed by atoms with E-state index < -0.39 is 0 Å². The molecular weight excluding hydrogens is 179 g/mol. The molecule has 1 heterocycles. The number of para-hydroxylation sites is 1. The van der Waals surface area contributed by atoms with Crippen molar-refractivity contribution in [3.05, 3.63) is 35.5 Å². The Morgan fingerprint density at radius 1 is 1.33 bits per heavy atom. The second-order valence-electron chi connectivity index (χ2n) is 2.32. The van der Waals surface area contributed by atoms with Gasteiger partial charge in [-0.15, -0.1) is 0 Å². The molecule has 0 radical (unpaired) electrons. The Labute approximate surface area is 73.0 Å². The summed E-state index contributed by atoms with van der Waals surface area (Å²) in [7, 11) is 0. The maximum atomic E-state index is 13.0. The minimum absolute atomic E-state index is 0.0626. The van der Waals surface area contributed by atoms with Gasteiger partial charge in [0.25, 0.3) is 0 Å². The molecule has 1 aromatic carbocycles. The number of benzene rings is 1. The number of halogens is 2. The summed E-state index contributed by atoms with van der Waals surface area (Å²) in [6.07, 6.45) is 1.49. The zero-order chi connectivity index (χ0) is 8.55. The van der Waals surface area contributed by atoms with Crippen LogP contribution >= 0.6 is 11.6 Å². The van der Waals surface area contributed by atoms with Crippen molar-refractivity contribution in [1.82, 2.24) is 9.97 Å². The molecular formula is C8H4ClFN2. The lowest BCUT2D eigenvalue weighted by Gasteiger charge is -1.96. The molecule has 60 valence electrons. The maximum Gasteiger partial charge on any atom is 0.223 e. The van der Waals surface area contributed by atoms with Gasteiger partial charge in [-0.05, 0) is 17.7 Å². The molecule has 0 fully saturated rings. The summed E-state index contributed by atoms with van der Waals surface area (Å²) in [6, 6.07) is 4.68. The molecule has 1 aromatic heterocycles. The topological polar surface area (TPSA) is 25.8 Å². The van der Waals surface area contributed by atoms with Crippen LogP contribution in [-0.4, -0.2) is 9.97 Å². The van der Waals surface area contributed by atoms with Crippen LogP contribution < -0.4 is 0 Å². The van der Waals surface area contributed by atoms with Gasteiger partial charge < -0.3 is 0 Å². The summed E-state index contributed by atoms with van der Waals surface area (Å²) in [4.78, 5) is 7.49. The number of hydrogen-bond acceptors (Lipinski definition) is 2. The molecule has 0 saturated carbocycles. The average molecular weight is 183 g/mol. The van der Waals surface area contributed by atoms with Crippen molar-refractivity contribution in [2.45, 2.75) is 0 Å². The number of hydrogen-bond donors (Lipinski definition) is 0. The first-order valence-electron chi connectivity index (χ1n) is 3.34. The van der Waals surface area contributed by atoms with E-state index in [-0.39, 0.29) is 16.6 Å². The lowest BCUT2D eigenvalue weighted by atomic mass is 10.2. The Hall–Kier alpha value is -1.22. The molecule has 4 heteroatoms. The van der Waals surface area contributed by atoms with Gasteiger partial charge in [0, 0.05) is 11.6 Å². The van der Waals surface area contributed by atoms with E-state index in [1.54, 1.807) is 12.1 Å². The smallest absolute Gasteiger partial charge is 0.223 e. The number of aromatic nitrogens is 2. The summed E-state index contributed by atoms with van der Waals surface area (Å²) >= 11 is 5.50. The van der Waals surface area contributed by atoms with Crippen molar-refractivity contribution in [2.24, 2.45) is 0 Å². The Bertz CT molecular complexity index is 430. The van der Waals surface area contributed by atoms with Gasteiger partial charge >= 0.3 is 0 Å². The van der Waals surface area contributed by atoms with Crippen LogP contribution in [0.4, 0.5) is 4.39 Å². The maximum absolute atomic E-state index is 13.0. The van der Waals surface area contributed by atoms with Gasteiger partial charge in [-0.3, -0.25) is 0 Å². The first-order valence-corrected chi connectivity index (χ1v) is 3.72. The predicted octanol–water partition coefficient (Wildman–Crippen LogP) is 2.42. The highest BCUT2D eigenvalue weighted by atomic mass is 35.5. The quantitative estimate of drug-likeness (QED) is 0.585. The van der Waals surface area contributed by atoms with Crippen molar-refractivity contribution in [3.63, 3.8) is 0 Å². The van der Waals surface area contributed by atoms with Crippen LogP contribution in [0.5, 0.6) is 0 Å². The van der Waals surface area contributed by atoms with Gasteiger partial charge in [0.1, 0.15) is 11.3 Å². The molecule has 0 saturated heterocycles. The average Bonchev–Trinajstić information content (AvgIpc) is 2.07. The van der Waals surface area contributed by atoms with E-state index in [4.69, 9.17) is 11.6 Å². The van der Waals surface area contributed by atoms with Crippen LogP contribution in [0, 0.1) is 5.82 Å². The van der Waals surface area contributed by atoms with E-state index in [2.05, 4.69) is 9.97 Å². The van der Waals surface area contributed by atoms with Gasteiger partial charge in [-0.2, -0.15) is 0 Å².